The first-order chi connectivity index (χ1) is 9.22. The van der Waals surface area contributed by atoms with Crippen molar-refractivity contribution in [2.75, 3.05) is 13.8 Å². The van der Waals surface area contributed by atoms with Gasteiger partial charge in [0.1, 0.15) is 5.78 Å². The van der Waals surface area contributed by atoms with E-state index in [-0.39, 0.29) is 0 Å². The Bertz CT molecular complexity index is 476. The van der Waals surface area contributed by atoms with E-state index in [0.29, 0.717) is 18.6 Å². The molecule has 0 N–H and O–H groups in total. The van der Waals surface area contributed by atoms with Crippen LogP contribution in [0.15, 0.2) is 18.2 Å². The molecule has 0 amide bonds. The van der Waals surface area contributed by atoms with Crippen molar-refractivity contribution in [3.05, 3.63) is 23.8 Å². The van der Waals surface area contributed by atoms with Crippen molar-refractivity contribution in [3.63, 3.8) is 0 Å². The molecule has 3 rings (SSSR count). The smallest absolute Gasteiger partial charge is 0.231 e. The summed E-state index contributed by atoms with van der Waals surface area (Å²) in [4.78, 5) is 13.6. The Morgan fingerprint density at radius 2 is 1.95 bits per heavy atom. The molecule has 19 heavy (non-hydrogen) atoms. The van der Waals surface area contributed by atoms with Gasteiger partial charge in [-0.2, -0.15) is 0 Å². The van der Waals surface area contributed by atoms with Gasteiger partial charge in [0, 0.05) is 25.4 Å². The van der Waals surface area contributed by atoms with E-state index in [9.17, 15) is 4.79 Å². The minimum absolute atomic E-state index is 0.319. The fourth-order valence-corrected chi connectivity index (χ4v) is 2.82. The van der Waals surface area contributed by atoms with Crippen molar-refractivity contribution >= 4 is 5.78 Å². The van der Waals surface area contributed by atoms with Gasteiger partial charge in [0.15, 0.2) is 11.5 Å². The van der Waals surface area contributed by atoms with Gasteiger partial charge in [0.25, 0.3) is 0 Å². The van der Waals surface area contributed by atoms with Crippen molar-refractivity contribution in [1.82, 2.24) is 4.90 Å². The summed E-state index contributed by atoms with van der Waals surface area (Å²) in [6.45, 7) is 1.20. The number of nitrogens with zero attached hydrogens (tertiary/aromatic N) is 1. The first kappa shape index (κ1) is 12.5. The fraction of sp³-hybridized carbons (Fsp3) is 0.533. The summed E-state index contributed by atoms with van der Waals surface area (Å²) in [5.41, 5.74) is 1.23. The van der Waals surface area contributed by atoms with Crippen LogP contribution >= 0.6 is 0 Å². The van der Waals surface area contributed by atoms with Gasteiger partial charge in [-0.15, -0.1) is 0 Å². The summed E-state index contributed by atoms with van der Waals surface area (Å²) in [5.74, 6) is 2.08. The predicted octanol–water partition coefficient (Wildman–Crippen LogP) is 2.36. The zero-order valence-electron chi connectivity index (χ0n) is 11.2. The first-order valence-corrected chi connectivity index (χ1v) is 6.83. The van der Waals surface area contributed by atoms with Gasteiger partial charge in [0.05, 0.1) is 0 Å². The maximum absolute atomic E-state index is 11.3. The van der Waals surface area contributed by atoms with Crippen LogP contribution in [0.4, 0.5) is 0 Å². The van der Waals surface area contributed by atoms with Crippen LogP contribution in [0, 0.1) is 0 Å². The van der Waals surface area contributed by atoms with Crippen molar-refractivity contribution in [1.29, 1.82) is 0 Å². The van der Waals surface area contributed by atoms with Crippen molar-refractivity contribution in [2.24, 2.45) is 0 Å². The molecule has 0 aromatic heterocycles. The Hall–Kier alpha value is -1.55. The lowest BCUT2D eigenvalue weighted by atomic mass is 9.93. The Morgan fingerprint density at radius 3 is 2.74 bits per heavy atom. The standard InChI is InChI=1S/C15H19NO3/c1-16(12-3-5-13(17)6-4-12)9-11-2-7-14-15(8-11)19-10-18-14/h2,7-8,12H,3-6,9-10H2,1H3. The zero-order valence-corrected chi connectivity index (χ0v) is 11.2. The monoisotopic (exact) mass is 261 g/mol. The van der Waals surface area contributed by atoms with E-state index in [4.69, 9.17) is 9.47 Å². The number of carbonyl (C=O) groups excluding carboxylic acids is 1. The molecule has 1 heterocycles. The number of benzene rings is 1. The molecule has 4 nitrogen and oxygen atoms in total. The SMILES string of the molecule is CN(Cc1ccc2c(c1)OCO2)C1CCC(=O)CC1. The third-order valence-corrected chi connectivity index (χ3v) is 4.01. The molecule has 1 aliphatic heterocycles. The average molecular weight is 261 g/mol. The van der Waals surface area contributed by atoms with Crippen LogP contribution in [-0.4, -0.2) is 30.6 Å². The van der Waals surface area contributed by atoms with Gasteiger partial charge in [-0.1, -0.05) is 6.07 Å². The van der Waals surface area contributed by atoms with E-state index in [0.717, 1.165) is 43.7 Å². The second kappa shape index (κ2) is 5.21. The van der Waals surface area contributed by atoms with Crippen molar-refractivity contribution in [2.45, 2.75) is 38.3 Å². The van der Waals surface area contributed by atoms with Crippen molar-refractivity contribution < 1.29 is 14.3 Å². The van der Waals surface area contributed by atoms with Crippen LogP contribution in [0.1, 0.15) is 31.2 Å². The minimum atomic E-state index is 0.319. The number of Topliss-reactive ketones (excluding diaryl/α,β-unsaturated/α-hetero) is 1. The predicted molar refractivity (Wildman–Crippen MR) is 71.3 cm³/mol. The van der Waals surface area contributed by atoms with E-state index in [1.54, 1.807) is 0 Å². The largest absolute Gasteiger partial charge is 0.454 e. The highest BCUT2D eigenvalue weighted by Crippen LogP contribution is 2.33. The maximum Gasteiger partial charge on any atom is 0.231 e. The molecule has 0 bridgehead atoms. The Morgan fingerprint density at radius 1 is 1.21 bits per heavy atom. The zero-order chi connectivity index (χ0) is 13.2. The number of ketones is 1. The van der Waals surface area contributed by atoms with Gasteiger partial charge < -0.3 is 9.47 Å². The summed E-state index contributed by atoms with van der Waals surface area (Å²) in [6, 6.07) is 6.61. The molecule has 0 saturated heterocycles. The van der Waals surface area contributed by atoms with Gasteiger partial charge in [-0.05, 0) is 37.6 Å². The molecule has 1 aromatic rings. The number of rotatable bonds is 3. The Kier molecular flexibility index (Phi) is 3.42. The molecule has 0 spiro atoms. The number of carbonyl (C=O) groups is 1. The Labute approximate surface area is 113 Å². The van der Waals surface area contributed by atoms with Gasteiger partial charge in [-0.25, -0.2) is 0 Å². The van der Waals surface area contributed by atoms with Crippen LogP contribution in [0.2, 0.25) is 0 Å². The summed E-state index contributed by atoms with van der Waals surface area (Å²) in [7, 11) is 2.13. The van der Waals surface area contributed by atoms with Gasteiger partial charge in [0.2, 0.25) is 6.79 Å². The summed E-state index contributed by atoms with van der Waals surface area (Å²) >= 11 is 0. The van der Waals surface area contributed by atoms with E-state index in [1.165, 1.54) is 5.56 Å². The molecule has 0 unspecified atom stereocenters. The number of fused-ring (bicyclic) bond motifs is 1. The highest BCUT2D eigenvalue weighted by atomic mass is 16.7. The first-order valence-electron chi connectivity index (χ1n) is 6.83. The van der Waals surface area contributed by atoms with Crippen LogP contribution in [-0.2, 0) is 11.3 Å². The third-order valence-electron chi connectivity index (χ3n) is 4.01. The molecule has 0 atom stereocenters. The van der Waals surface area contributed by atoms with E-state index < -0.39 is 0 Å². The van der Waals surface area contributed by atoms with Crippen LogP contribution in [0.25, 0.3) is 0 Å². The normalized spacial score (nSPS) is 19.2. The molecule has 4 heteroatoms. The number of hydrogen-bond donors (Lipinski definition) is 0. The second-order valence-electron chi connectivity index (χ2n) is 5.37. The van der Waals surface area contributed by atoms with E-state index in [1.807, 2.05) is 12.1 Å². The summed E-state index contributed by atoms with van der Waals surface area (Å²) < 4.78 is 10.7. The average Bonchev–Trinajstić information content (AvgIpc) is 2.87. The number of hydrogen-bond acceptors (Lipinski definition) is 4. The summed E-state index contributed by atoms with van der Waals surface area (Å²) in [6.07, 6.45) is 3.44. The van der Waals surface area contributed by atoms with Crippen LogP contribution in [0.3, 0.4) is 0 Å². The van der Waals surface area contributed by atoms with E-state index >= 15 is 0 Å². The lowest BCUT2D eigenvalue weighted by molar-refractivity contribution is -0.121. The summed E-state index contributed by atoms with van der Waals surface area (Å²) in [5, 5.41) is 0. The van der Waals surface area contributed by atoms with Crippen LogP contribution in [0.5, 0.6) is 11.5 Å². The fourth-order valence-electron chi connectivity index (χ4n) is 2.82. The molecular weight excluding hydrogens is 242 g/mol. The van der Waals surface area contributed by atoms with E-state index in [2.05, 4.69) is 18.0 Å². The minimum Gasteiger partial charge on any atom is -0.454 e. The van der Waals surface area contributed by atoms with Crippen molar-refractivity contribution in [3.8, 4) is 11.5 Å². The third kappa shape index (κ3) is 2.73. The molecular formula is C15H19NO3. The highest BCUT2D eigenvalue weighted by Gasteiger charge is 2.22. The lowest BCUT2D eigenvalue weighted by Gasteiger charge is -2.30. The molecule has 1 saturated carbocycles. The number of ether oxygens (including phenoxy) is 2. The van der Waals surface area contributed by atoms with Gasteiger partial charge >= 0.3 is 0 Å². The molecule has 0 radical (unpaired) electrons. The highest BCUT2D eigenvalue weighted by molar-refractivity contribution is 5.79. The molecule has 102 valence electrons. The Balaban J connectivity index is 1.63. The van der Waals surface area contributed by atoms with Gasteiger partial charge in [-0.3, -0.25) is 9.69 Å². The maximum atomic E-state index is 11.3. The lowest BCUT2D eigenvalue weighted by Crippen LogP contribution is -2.34. The van der Waals surface area contributed by atoms with Crippen LogP contribution < -0.4 is 9.47 Å². The molecule has 1 aliphatic carbocycles. The molecule has 2 aliphatic rings. The quantitative estimate of drug-likeness (QED) is 0.837. The second-order valence-corrected chi connectivity index (χ2v) is 5.37. The molecule has 1 fully saturated rings. The molecule has 1 aromatic carbocycles. The topological polar surface area (TPSA) is 38.8 Å².